The minimum Gasteiger partial charge on any atom is -0.394 e. The lowest BCUT2D eigenvalue weighted by Crippen LogP contribution is -2.47. The van der Waals surface area contributed by atoms with Gasteiger partial charge in [0.15, 0.2) is 0 Å². The maximum Gasteiger partial charge on any atom is 0.214 e. The smallest absolute Gasteiger partial charge is 0.214 e. The quantitative estimate of drug-likeness (QED) is 0.661. The Labute approximate surface area is 91.9 Å². The van der Waals surface area contributed by atoms with Crippen molar-refractivity contribution < 1.29 is 18.3 Å². The van der Waals surface area contributed by atoms with E-state index in [1.54, 1.807) is 13.8 Å². The highest BCUT2D eigenvalue weighted by Gasteiger charge is 2.23. The fourth-order valence-corrected chi connectivity index (χ4v) is 2.22. The van der Waals surface area contributed by atoms with Crippen molar-refractivity contribution in [3.8, 4) is 0 Å². The second kappa shape index (κ2) is 5.79. The highest BCUT2D eigenvalue weighted by atomic mass is 32.2. The van der Waals surface area contributed by atoms with Crippen LogP contribution in [-0.2, 0) is 14.8 Å². The van der Waals surface area contributed by atoms with Crippen molar-refractivity contribution >= 4 is 10.0 Å². The molecule has 0 saturated heterocycles. The van der Waals surface area contributed by atoms with Crippen LogP contribution < -0.4 is 4.72 Å². The van der Waals surface area contributed by atoms with Crippen molar-refractivity contribution in [1.82, 2.24) is 4.72 Å². The summed E-state index contributed by atoms with van der Waals surface area (Å²) in [6.45, 7) is 6.85. The van der Waals surface area contributed by atoms with E-state index in [4.69, 9.17) is 9.84 Å². The highest BCUT2D eigenvalue weighted by molar-refractivity contribution is 7.89. The Morgan fingerprint density at radius 2 is 1.93 bits per heavy atom. The molecule has 15 heavy (non-hydrogen) atoms. The summed E-state index contributed by atoms with van der Waals surface area (Å²) in [4.78, 5) is 0. The van der Waals surface area contributed by atoms with E-state index < -0.39 is 15.6 Å². The van der Waals surface area contributed by atoms with Crippen molar-refractivity contribution in [3.63, 3.8) is 0 Å². The zero-order valence-corrected chi connectivity index (χ0v) is 10.6. The van der Waals surface area contributed by atoms with Gasteiger partial charge >= 0.3 is 0 Å². The summed E-state index contributed by atoms with van der Waals surface area (Å²) in [5.41, 5.74) is -0.823. The third kappa shape index (κ3) is 7.72. The first-order valence-electron chi connectivity index (χ1n) is 4.92. The van der Waals surface area contributed by atoms with Gasteiger partial charge in [-0.25, -0.2) is 13.1 Å². The van der Waals surface area contributed by atoms with E-state index in [1.807, 2.05) is 13.8 Å². The molecule has 0 aromatic carbocycles. The SMILES string of the molecule is CC(C)OCCS(=O)(=O)NC(C)(C)CO. The van der Waals surface area contributed by atoms with Gasteiger partial charge in [0.2, 0.25) is 10.0 Å². The number of nitrogens with one attached hydrogen (secondary N) is 1. The number of ether oxygens (including phenoxy) is 1. The van der Waals surface area contributed by atoms with Crippen molar-refractivity contribution in [2.75, 3.05) is 19.0 Å². The van der Waals surface area contributed by atoms with Crippen molar-refractivity contribution in [3.05, 3.63) is 0 Å². The Morgan fingerprint density at radius 3 is 2.33 bits per heavy atom. The molecule has 0 saturated carbocycles. The fraction of sp³-hybridized carbons (Fsp3) is 1.00. The van der Waals surface area contributed by atoms with Crippen LogP contribution in [0.3, 0.4) is 0 Å². The summed E-state index contributed by atoms with van der Waals surface area (Å²) >= 11 is 0. The average molecular weight is 239 g/mol. The molecular weight excluding hydrogens is 218 g/mol. The largest absolute Gasteiger partial charge is 0.394 e. The van der Waals surface area contributed by atoms with Gasteiger partial charge < -0.3 is 9.84 Å². The topological polar surface area (TPSA) is 75.6 Å². The number of aliphatic hydroxyl groups is 1. The monoisotopic (exact) mass is 239 g/mol. The molecule has 0 aliphatic rings. The number of aliphatic hydroxyl groups excluding tert-OH is 1. The zero-order chi connectivity index (χ0) is 12.1. The van der Waals surface area contributed by atoms with Gasteiger partial charge in [0.25, 0.3) is 0 Å². The van der Waals surface area contributed by atoms with Crippen molar-refractivity contribution in [2.45, 2.75) is 39.3 Å². The molecule has 6 heteroatoms. The molecular formula is C9H21NO4S. The third-order valence-corrected chi connectivity index (χ3v) is 3.20. The number of hydrogen-bond acceptors (Lipinski definition) is 4. The lowest BCUT2D eigenvalue weighted by Gasteiger charge is -2.23. The minimum absolute atomic E-state index is 0.0195. The molecule has 5 nitrogen and oxygen atoms in total. The number of hydrogen-bond donors (Lipinski definition) is 2. The Morgan fingerprint density at radius 1 is 1.40 bits per heavy atom. The summed E-state index contributed by atoms with van der Waals surface area (Å²) < 4.78 is 30.5. The summed E-state index contributed by atoms with van der Waals surface area (Å²) in [6, 6.07) is 0. The summed E-state index contributed by atoms with van der Waals surface area (Å²) in [5, 5.41) is 8.91. The Hall–Kier alpha value is -0.170. The number of rotatable bonds is 7. The van der Waals surface area contributed by atoms with Crippen LogP contribution in [0.25, 0.3) is 0 Å². The van der Waals surface area contributed by atoms with Crippen LogP contribution in [-0.4, -0.2) is 44.1 Å². The van der Waals surface area contributed by atoms with E-state index in [9.17, 15) is 8.42 Å². The lowest BCUT2D eigenvalue weighted by molar-refractivity contribution is 0.0909. The van der Waals surface area contributed by atoms with Gasteiger partial charge in [0.05, 0.1) is 30.6 Å². The second-order valence-corrected chi connectivity index (χ2v) is 6.22. The molecule has 0 unspecified atom stereocenters. The first-order chi connectivity index (χ1) is 6.68. The molecule has 92 valence electrons. The van der Waals surface area contributed by atoms with E-state index in [0.29, 0.717) is 0 Å². The van der Waals surface area contributed by atoms with Gasteiger partial charge in [-0.3, -0.25) is 0 Å². The molecule has 0 aromatic heterocycles. The van der Waals surface area contributed by atoms with E-state index in [1.165, 1.54) is 0 Å². The third-order valence-electron chi connectivity index (χ3n) is 1.63. The maximum atomic E-state index is 11.5. The molecule has 0 radical (unpaired) electrons. The maximum absolute atomic E-state index is 11.5. The normalized spacial score (nSPS) is 13.5. The van der Waals surface area contributed by atoms with Gasteiger partial charge in [-0.15, -0.1) is 0 Å². The van der Waals surface area contributed by atoms with Crippen LogP contribution in [0.5, 0.6) is 0 Å². The molecule has 0 aromatic rings. The molecule has 0 rings (SSSR count). The first-order valence-corrected chi connectivity index (χ1v) is 6.58. The Balaban J connectivity index is 4.09. The molecule has 0 aliphatic carbocycles. The Kier molecular flexibility index (Phi) is 5.72. The Bertz CT molecular complexity index is 272. The van der Waals surface area contributed by atoms with Crippen LogP contribution >= 0.6 is 0 Å². The average Bonchev–Trinajstić information content (AvgIpc) is 2.01. The molecule has 0 aliphatic heterocycles. The lowest BCUT2D eigenvalue weighted by atomic mass is 10.1. The summed E-state index contributed by atoms with van der Waals surface area (Å²) in [5.74, 6) is -0.0887. The molecule has 0 amide bonds. The standard InChI is InChI=1S/C9H21NO4S/c1-8(2)14-5-6-15(12,13)10-9(3,4)7-11/h8,10-11H,5-7H2,1-4H3. The van der Waals surface area contributed by atoms with Crippen LogP contribution in [0.1, 0.15) is 27.7 Å². The van der Waals surface area contributed by atoms with E-state index in [0.717, 1.165) is 0 Å². The van der Waals surface area contributed by atoms with Crippen molar-refractivity contribution in [1.29, 1.82) is 0 Å². The molecule has 2 N–H and O–H groups in total. The van der Waals surface area contributed by atoms with E-state index in [2.05, 4.69) is 4.72 Å². The summed E-state index contributed by atoms with van der Waals surface area (Å²) in [6.07, 6.45) is 0.0195. The number of sulfonamides is 1. The van der Waals surface area contributed by atoms with Crippen LogP contribution in [0, 0.1) is 0 Å². The zero-order valence-electron chi connectivity index (χ0n) is 9.78. The first kappa shape index (κ1) is 14.8. The predicted octanol–water partition coefficient (Wildman–Crippen LogP) is 0.102. The summed E-state index contributed by atoms with van der Waals surface area (Å²) in [7, 11) is -3.38. The van der Waals surface area contributed by atoms with Crippen molar-refractivity contribution in [2.24, 2.45) is 0 Å². The van der Waals surface area contributed by atoms with Crippen LogP contribution in [0.2, 0.25) is 0 Å². The molecule has 0 spiro atoms. The molecule has 0 fully saturated rings. The minimum atomic E-state index is -3.38. The highest BCUT2D eigenvalue weighted by Crippen LogP contribution is 2.03. The molecule has 0 bridgehead atoms. The van der Waals surface area contributed by atoms with E-state index >= 15 is 0 Å². The van der Waals surface area contributed by atoms with E-state index in [-0.39, 0.29) is 25.1 Å². The molecule has 0 heterocycles. The van der Waals surface area contributed by atoms with Gasteiger partial charge in [0.1, 0.15) is 0 Å². The van der Waals surface area contributed by atoms with Gasteiger partial charge in [-0.1, -0.05) is 0 Å². The van der Waals surface area contributed by atoms with Gasteiger partial charge in [-0.2, -0.15) is 0 Å². The van der Waals surface area contributed by atoms with Crippen LogP contribution in [0.4, 0.5) is 0 Å². The second-order valence-electron chi connectivity index (χ2n) is 4.38. The molecule has 0 atom stereocenters. The van der Waals surface area contributed by atoms with Gasteiger partial charge in [0, 0.05) is 0 Å². The predicted molar refractivity (Wildman–Crippen MR) is 59.2 cm³/mol. The van der Waals surface area contributed by atoms with Crippen LogP contribution in [0.15, 0.2) is 0 Å². The fourth-order valence-electron chi connectivity index (χ4n) is 0.898. The van der Waals surface area contributed by atoms with Gasteiger partial charge in [-0.05, 0) is 27.7 Å².